The molecule has 1 aliphatic carbocycles. The van der Waals surface area contributed by atoms with Crippen LogP contribution in [-0.4, -0.2) is 58.9 Å². The molecule has 2 aliphatic heterocycles. The van der Waals surface area contributed by atoms with Crippen molar-refractivity contribution in [3.05, 3.63) is 23.8 Å². The Hall–Kier alpha value is -2.28. The van der Waals surface area contributed by atoms with Gasteiger partial charge in [0.1, 0.15) is 0 Å². The molecule has 0 bridgehead atoms. The largest absolute Gasteiger partial charge is 0.465 e. The van der Waals surface area contributed by atoms with Gasteiger partial charge in [-0.3, -0.25) is 10.1 Å². The topological polar surface area (TPSA) is 93.1 Å². The lowest BCUT2D eigenvalue weighted by Gasteiger charge is -2.42. The number of carbonyl (C=O) groups excluding carboxylic acids is 1. The molecule has 29 heavy (non-hydrogen) atoms. The number of rotatable bonds is 3. The van der Waals surface area contributed by atoms with E-state index in [1.54, 1.807) is 6.07 Å². The number of aryl methyl sites for hydroxylation is 1. The molecule has 2 heterocycles. The standard InChI is InChI=1S/C22H31N3O4/c1-15-13-16(23-21(28)29)3-8-19(15)24-11-2-9-22(14-24)10-12-25(20(22)27)17-4-6-18(26)7-5-17/h3,8,13,17-18,23,26H,2,4-7,9-12,14H2,1H3,(H,28,29)/t17-,18-,22-/m1/s1. The minimum absolute atomic E-state index is 0.204. The molecule has 7 heteroatoms. The molecule has 0 aromatic heterocycles. The van der Waals surface area contributed by atoms with Gasteiger partial charge in [-0.25, -0.2) is 4.79 Å². The first kappa shape index (κ1) is 20.0. The molecule has 2 saturated heterocycles. The third-order valence-electron chi connectivity index (χ3n) is 7.02. The quantitative estimate of drug-likeness (QED) is 0.723. The van der Waals surface area contributed by atoms with Crippen LogP contribution in [0.2, 0.25) is 0 Å². The van der Waals surface area contributed by atoms with Crippen molar-refractivity contribution in [2.45, 2.75) is 64.0 Å². The summed E-state index contributed by atoms with van der Waals surface area (Å²) in [6.07, 6.45) is 4.95. The van der Waals surface area contributed by atoms with Crippen LogP contribution in [0.25, 0.3) is 0 Å². The Balaban J connectivity index is 1.48. The Labute approximate surface area is 171 Å². The summed E-state index contributed by atoms with van der Waals surface area (Å²) >= 11 is 0. The molecule has 0 radical (unpaired) electrons. The van der Waals surface area contributed by atoms with Crippen molar-refractivity contribution in [3.63, 3.8) is 0 Å². The number of aliphatic hydroxyl groups excluding tert-OH is 1. The molecule has 4 rings (SSSR count). The lowest BCUT2D eigenvalue weighted by Crippen LogP contribution is -2.50. The lowest BCUT2D eigenvalue weighted by atomic mass is 9.78. The Morgan fingerprint density at radius 2 is 1.93 bits per heavy atom. The Morgan fingerprint density at radius 1 is 1.17 bits per heavy atom. The molecule has 1 saturated carbocycles. The van der Waals surface area contributed by atoms with Gasteiger partial charge in [0, 0.05) is 37.1 Å². The summed E-state index contributed by atoms with van der Waals surface area (Å²) in [5.41, 5.74) is 2.34. The van der Waals surface area contributed by atoms with E-state index in [1.165, 1.54) is 0 Å². The van der Waals surface area contributed by atoms with E-state index in [2.05, 4.69) is 15.1 Å². The second-order valence-electron chi connectivity index (χ2n) is 8.95. The maximum Gasteiger partial charge on any atom is 0.409 e. The fourth-order valence-corrected chi connectivity index (χ4v) is 5.49. The number of hydrogen-bond acceptors (Lipinski definition) is 4. The van der Waals surface area contributed by atoms with E-state index in [4.69, 9.17) is 5.11 Å². The average molecular weight is 402 g/mol. The Kier molecular flexibility index (Phi) is 5.42. The highest BCUT2D eigenvalue weighted by Gasteiger charge is 2.50. The Bertz CT molecular complexity index is 790. The normalized spacial score (nSPS) is 30.1. The summed E-state index contributed by atoms with van der Waals surface area (Å²) in [6, 6.07) is 5.87. The maximum absolute atomic E-state index is 13.5. The summed E-state index contributed by atoms with van der Waals surface area (Å²) in [7, 11) is 0. The second kappa shape index (κ2) is 7.86. The number of carboxylic acid groups (broad SMARTS) is 1. The molecular formula is C22H31N3O4. The van der Waals surface area contributed by atoms with Crippen molar-refractivity contribution in [2.24, 2.45) is 5.41 Å². The van der Waals surface area contributed by atoms with Crippen LogP contribution < -0.4 is 10.2 Å². The molecule has 1 aromatic rings. The van der Waals surface area contributed by atoms with Gasteiger partial charge in [-0.15, -0.1) is 0 Å². The zero-order valence-electron chi connectivity index (χ0n) is 17.1. The summed E-state index contributed by atoms with van der Waals surface area (Å²) in [5.74, 6) is 0.297. The fourth-order valence-electron chi connectivity index (χ4n) is 5.49. The van der Waals surface area contributed by atoms with Crippen LogP contribution in [0, 0.1) is 12.3 Å². The third kappa shape index (κ3) is 3.92. The van der Waals surface area contributed by atoms with Gasteiger partial charge in [0.15, 0.2) is 0 Å². The molecule has 0 unspecified atom stereocenters. The first-order valence-electron chi connectivity index (χ1n) is 10.7. The summed E-state index contributed by atoms with van der Waals surface area (Å²) in [5, 5.41) is 21.1. The predicted octanol–water partition coefficient (Wildman–Crippen LogP) is 3.21. The van der Waals surface area contributed by atoms with Crippen LogP contribution in [0.4, 0.5) is 16.2 Å². The van der Waals surface area contributed by atoms with Gasteiger partial charge in [-0.1, -0.05) is 0 Å². The van der Waals surface area contributed by atoms with E-state index in [-0.39, 0.29) is 17.6 Å². The van der Waals surface area contributed by atoms with Gasteiger partial charge < -0.3 is 20.0 Å². The molecular weight excluding hydrogens is 370 g/mol. The van der Waals surface area contributed by atoms with Gasteiger partial charge in [0.2, 0.25) is 5.91 Å². The van der Waals surface area contributed by atoms with E-state index in [1.807, 2.05) is 19.1 Å². The van der Waals surface area contributed by atoms with Crippen molar-refractivity contribution in [2.75, 3.05) is 29.9 Å². The smallest absolute Gasteiger partial charge is 0.409 e. The lowest BCUT2D eigenvalue weighted by molar-refractivity contribution is -0.139. The van der Waals surface area contributed by atoms with Crippen LogP contribution in [0.3, 0.4) is 0 Å². The van der Waals surface area contributed by atoms with Crippen molar-refractivity contribution < 1.29 is 19.8 Å². The molecule has 3 aliphatic rings. The number of anilines is 2. The van der Waals surface area contributed by atoms with E-state index in [9.17, 15) is 14.7 Å². The third-order valence-corrected chi connectivity index (χ3v) is 7.02. The van der Waals surface area contributed by atoms with Crippen LogP contribution in [0.5, 0.6) is 0 Å². The number of benzene rings is 1. The molecule has 3 N–H and O–H groups in total. The van der Waals surface area contributed by atoms with Crippen molar-refractivity contribution >= 4 is 23.4 Å². The van der Waals surface area contributed by atoms with Gasteiger partial charge >= 0.3 is 6.09 Å². The minimum Gasteiger partial charge on any atom is -0.465 e. The fraction of sp³-hybridized carbons (Fsp3) is 0.636. The number of nitrogens with zero attached hydrogens (tertiary/aromatic N) is 2. The zero-order chi connectivity index (χ0) is 20.6. The first-order valence-corrected chi connectivity index (χ1v) is 10.7. The van der Waals surface area contributed by atoms with Gasteiger partial charge in [-0.2, -0.15) is 0 Å². The second-order valence-corrected chi connectivity index (χ2v) is 8.95. The molecule has 1 atom stereocenters. The number of likely N-dealkylation sites (tertiary alicyclic amines) is 1. The highest BCUT2D eigenvalue weighted by molar-refractivity contribution is 5.86. The van der Waals surface area contributed by atoms with Crippen LogP contribution in [0.1, 0.15) is 50.5 Å². The zero-order valence-corrected chi connectivity index (χ0v) is 17.1. The van der Waals surface area contributed by atoms with Crippen LogP contribution in [0.15, 0.2) is 18.2 Å². The minimum atomic E-state index is -1.07. The highest BCUT2D eigenvalue weighted by atomic mass is 16.4. The Morgan fingerprint density at radius 3 is 2.62 bits per heavy atom. The van der Waals surface area contributed by atoms with Crippen LogP contribution >= 0.6 is 0 Å². The van der Waals surface area contributed by atoms with Gasteiger partial charge in [0.05, 0.1) is 11.5 Å². The number of nitrogens with one attached hydrogen (secondary N) is 1. The number of piperidine rings is 1. The monoisotopic (exact) mass is 401 g/mol. The molecule has 1 aromatic carbocycles. The van der Waals surface area contributed by atoms with Gasteiger partial charge in [-0.05, 0) is 75.6 Å². The summed E-state index contributed by atoms with van der Waals surface area (Å²) in [6.45, 7) is 4.45. The van der Waals surface area contributed by atoms with Crippen molar-refractivity contribution in [1.29, 1.82) is 0 Å². The number of carbonyl (C=O) groups is 2. The van der Waals surface area contributed by atoms with E-state index in [0.717, 1.165) is 75.8 Å². The van der Waals surface area contributed by atoms with Crippen molar-refractivity contribution in [1.82, 2.24) is 4.90 Å². The van der Waals surface area contributed by atoms with E-state index >= 15 is 0 Å². The summed E-state index contributed by atoms with van der Waals surface area (Å²) in [4.78, 5) is 28.7. The summed E-state index contributed by atoms with van der Waals surface area (Å²) < 4.78 is 0. The SMILES string of the molecule is Cc1cc(NC(=O)O)ccc1N1CCC[C@@]2(CCN([C@H]3CC[C@H](O)CC3)C2=O)C1. The first-order chi connectivity index (χ1) is 13.9. The molecule has 2 amide bonds. The molecule has 3 fully saturated rings. The van der Waals surface area contributed by atoms with Crippen molar-refractivity contribution in [3.8, 4) is 0 Å². The number of aliphatic hydroxyl groups is 1. The van der Waals surface area contributed by atoms with Gasteiger partial charge in [0.25, 0.3) is 0 Å². The average Bonchev–Trinajstić information content (AvgIpc) is 2.98. The molecule has 1 spiro atoms. The predicted molar refractivity (Wildman–Crippen MR) is 111 cm³/mol. The van der Waals surface area contributed by atoms with E-state index in [0.29, 0.717) is 11.6 Å². The molecule has 7 nitrogen and oxygen atoms in total. The van der Waals surface area contributed by atoms with E-state index < -0.39 is 6.09 Å². The number of hydrogen-bond donors (Lipinski definition) is 3. The maximum atomic E-state index is 13.5. The molecule has 158 valence electrons. The number of amides is 2. The highest BCUT2D eigenvalue weighted by Crippen LogP contribution is 2.44. The van der Waals surface area contributed by atoms with Crippen LogP contribution in [-0.2, 0) is 4.79 Å².